The van der Waals surface area contributed by atoms with Crippen molar-refractivity contribution in [2.45, 2.75) is 0 Å². The first-order valence-electron chi connectivity index (χ1n) is 19.0. The van der Waals surface area contributed by atoms with Gasteiger partial charge in [-0.05, 0) is 77.9 Å². The summed E-state index contributed by atoms with van der Waals surface area (Å²) in [5.74, 6) is 1.73. The first-order chi connectivity index (χ1) is 28.2. The van der Waals surface area contributed by atoms with Gasteiger partial charge in [-0.2, -0.15) is 0 Å². The molecule has 12 aromatic rings. The molecular formula is C51H30N4O2. The van der Waals surface area contributed by atoms with Crippen molar-refractivity contribution in [3.63, 3.8) is 0 Å². The standard InChI is InChI=1S/C51H30N4O2/c1-2-12-31(13-3-1)49-52-50(33-22-24-41-39-16-6-10-20-45(39)57-48(41)30-33)54-51(53-49)35-26-34(32-23-25-47-42(29-32)40-17-7-11-21-46(40)56-47)27-36(28-35)55-43-18-8-4-14-37(43)38-15-5-9-19-44(38)55/h1-30H. The summed E-state index contributed by atoms with van der Waals surface area (Å²) in [6.45, 7) is 0. The number of hydrogen-bond donors (Lipinski definition) is 0. The van der Waals surface area contributed by atoms with Gasteiger partial charge in [0.2, 0.25) is 0 Å². The number of rotatable bonds is 5. The molecule has 0 atom stereocenters. The minimum atomic E-state index is 0.566. The van der Waals surface area contributed by atoms with Crippen LogP contribution in [0.5, 0.6) is 0 Å². The Labute approximate surface area is 325 Å². The molecule has 0 fully saturated rings. The number of fused-ring (bicyclic) bond motifs is 9. The second-order valence-electron chi connectivity index (χ2n) is 14.4. The van der Waals surface area contributed by atoms with Crippen molar-refractivity contribution < 1.29 is 8.83 Å². The van der Waals surface area contributed by atoms with Gasteiger partial charge in [-0.1, -0.05) is 115 Å². The van der Waals surface area contributed by atoms with E-state index in [1.54, 1.807) is 0 Å². The first kappa shape index (κ1) is 31.5. The number of benzene rings is 8. The van der Waals surface area contributed by atoms with Gasteiger partial charge in [0.05, 0.1) is 11.0 Å². The molecule has 0 spiro atoms. The van der Waals surface area contributed by atoms with Gasteiger partial charge in [-0.3, -0.25) is 0 Å². The van der Waals surface area contributed by atoms with Crippen LogP contribution in [0.3, 0.4) is 0 Å². The van der Waals surface area contributed by atoms with E-state index >= 15 is 0 Å². The second-order valence-corrected chi connectivity index (χ2v) is 14.4. The molecule has 0 radical (unpaired) electrons. The zero-order valence-corrected chi connectivity index (χ0v) is 30.4. The van der Waals surface area contributed by atoms with Gasteiger partial charge in [0, 0.05) is 54.7 Å². The Bertz CT molecular complexity index is 3490. The molecule has 12 rings (SSSR count). The second kappa shape index (κ2) is 12.3. The number of hydrogen-bond acceptors (Lipinski definition) is 5. The summed E-state index contributed by atoms with van der Waals surface area (Å²) in [5.41, 5.74) is 11.3. The van der Waals surface area contributed by atoms with Gasteiger partial charge in [0.25, 0.3) is 0 Å². The van der Waals surface area contributed by atoms with Gasteiger partial charge < -0.3 is 13.4 Å². The number of furan rings is 2. The highest BCUT2D eigenvalue weighted by Gasteiger charge is 2.19. The van der Waals surface area contributed by atoms with Crippen molar-refractivity contribution in [3.05, 3.63) is 182 Å². The molecule has 6 heteroatoms. The molecule has 57 heavy (non-hydrogen) atoms. The number of nitrogens with zero attached hydrogens (tertiary/aromatic N) is 4. The van der Waals surface area contributed by atoms with Crippen LogP contribution in [0.25, 0.3) is 117 Å². The van der Waals surface area contributed by atoms with E-state index in [9.17, 15) is 0 Å². The lowest BCUT2D eigenvalue weighted by Gasteiger charge is -2.14. The summed E-state index contributed by atoms with van der Waals surface area (Å²) in [6.07, 6.45) is 0. The average molecular weight is 731 g/mol. The fourth-order valence-electron chi connectivity index (χ4n) is 8.36. The molecule has 0 aliphatic heterocycles. The van der Waals surface area contributed by atoms with E-state index in [-0.39, 0.29) is 0 Å². The van der Waals surface area contributed by atoms with Crippen molar-refractivity contribution in [3.8, 4) is 51.0 Å². The Morgan fingerprint density at radius 2 is 0.807 bits per heavy atom. The monoisotopic (exact) mass is 730 g/mol. The topological polar surface area (TPSA) is 69.9 Å². The molecule has 0 aliphatic carbocycles. The molecule has 0 saturated heterocycles. The highest BCUT2D eigenvalue weighted by molar-refractivity contribution is 6.10. The molecule has 0 bridgehead atoms. The largest absolute Gasteiger partial charge is 0.456 e. The van der Waals surface area contributed by atoms with E-state index in [4.69, 9.17) is 23.8 Å². The normalized spacial score (nSPS) is 11.9. The summed E-state index contributed by atoms with van der Waals surface area (Å²) < 4.78 is 14.9. The maximum atomic E-state index is 6.31. The maximum Gasteiger partial charge on any atom is 0.164 e. The fraction of sp³-hybridized carbons (Fsp3) is 0. The predicted molar refractivity (Wildman–Crippen MR) is 230 cm³/mol. The summed E-state index contributed by atoms with van der Waals surface area (Å²) >= 11 is 0. The molecule has 266 valence electrons. The van der Waals surface area contributed by atoms with E-state index in [2.05, 4.69) is 120 Å². The van der Waals surface area contributed by atoms with Gasteiger partial charge in [-0.25, -0.2) is 15.0 Å². The van der Waals surface area contributed by atoms with Gasteiger partial charge in [0.15, 0.2) is 17.5 Å². The summed E-state index contributed by atoms with van der Waals surface area (Å²) in [7, 11) is 0. The molecule has 4 heterocycles. The van der Waals surface area contributed by atoms with Crippen molar-refractivity contribution in [2.24, 2.45) is 0 Å². The Kier molecular flexibility index (Phi) is 6.83. The molecule has 6 nitrogen and oxygen atoms in total. The molecule has 0 N–H and O–H groups in total. The van der Waals surface area contributed by atoms with Crippen LogP contribution in [0.15, 0.2) is 191 Å². The smallest absolute Gasteiger partial charge is 0.164 e. The lowest BCUT2D eigenvalue weighted by Crippen LogP contribution is -2.02. The quantitative estimate of drug-likeness (QED) is 0.176. The molecule has 8 aromatic carbocycles. The Balaban J connectivity index is 1.12. The van der Waals surface area contributed by atoms with Crippen molar-refractivity contribution in [1.29, 1.82) is 0 Å². The average Bonchev–Trinajstić information content (AvgIpc) is 3.95. The predicted octanol–water partition coefficient (Wildman–Crippen LogP) is 13.4. The van der Waals surface area contributed by atoms with Crippen molar-refractivity contribution in [2.75, 3.05) is 0 Å². The number of para-hydroxylation sites is 4. The molecular weight excluding hydrogens is 701 g/mol. The Hall–Kier alpha value is -7.83. The van der Waals surface area contributed by atoms with Crippen LogP contribution in [-0.4, -0.2) is 19.5 Å². The van der Waals surface area contributed by atoms with E-state index in [0.29, 0.717) is 17.5 Å². The first-order valence-corrected chi connectivity index (χ1v) is 19.0. The molecule has 4 aromatic heterocycles. The minimum Gasteiger partial charge on any atom is -0.456 e. The summed E-state index contributed by atoms with van der Waals surface area (Å²) in [5, 5.41) is 6.68. The Morgan fingerprint density at radius 1 is 0.298 bits per heavy atom. The zero-order chi connectivity index (χ0) is 37.5. The van der Waals surface area contributed by atoms with E-state index < -0.39 is 0 Å². The van der Waals surface area contributed by atoms with E-state index in [0.717, 1.165) is 88.4 Å². The number of aromatic nitrogens is 4. The van der Waals surface area contributed by atoms with Gasteiger partial charge in [-0.15, -0.1) is 0 Å². The van der Waals surface area contributed by atoms with Crippen LogP contribution in [0.2, 0.25) is 0 Å². The van der Waals surface area contributed by atoms with E-state index in [1.807, 2.05) is 66.7 Å². The lowest BCUT2D eigenvalue weighted by molar-refractivity contribution is 0.668. The van der Waals surface area contributed by atoms with Crippen LogP contribution in [0.4, 0.5) is 0 Å². The third-order valence-electron chi connectivity index (χ3n) is 11.0. The minimum absolute atomic E-state index is 0.566. The van der Waals surface area contributed by atoms with Gasteiger partial charge in [0.1, 0.15) is 22.3 Å². The van der Waals surface area contributed by atoms with Crippen molar-refractivity contribution in [1.82, 2.24) is 19.5 Å². The fourth-order valence-corrected chi connectivity index (χ4v) is 8.36. The van der Waals surface area contributed by atoms with Crippen LogP contribution < -0.4 is 0 Å². The van der Waals surface area contributed by atoms with Crippen LogP contribution in [0.1, 0.15) is 0 Å². The maximum absolute atomic E-state index is 6.31. The van der Waals surface area contributed by atoms with E-state index in [1.165, 1.54) is 10.8 Å². The zero-order valence-electron chi connectivity index (χ0n) is 30.4. The summed E-state index contributed by atoms with van der Waals surface area (Å²) in [4.78, 5) is 15.5. The Morgan fingerprint density at radius 3 is 1.53 bits per heavy atom. The molecule has 0 saturated carbocycles. The van der Waals surface area contributed by atoms with Gasteiger partial charge >= 0.3 is 0 Å². The molecule has 0 amide bonds. The third-order valence-corrected chi connectivity index (χ3v) is 11.0. The highest BCUT2D eigenvalue weighted by atomic mass is 16.3. The lowest BCUT2D eigenvalue weighted by atomic mass is 9.99. The van der Waals surface area contributed by atoms with Crippen molar-refractivity contribution >= 4 is 65.7 Å². The molecule has 0 aliphatic rings. The molecule has 0 unspecified atom stereocenters. The summed E-state index contributed by atoms with van der Waals surface area (Å²) in [6, 6.07) is 62.9. The van der Waals surface area contributed by atoms with Crippen LogP contribution >= 0.6 is 0 Å². The van der Waals surface area contributed by atoms with Crippen LogP contribution in [-0.2, 0) is 0 Å². The van der Waals surface area contributed by atoms with Crippen LogP contribution in [0, 0.1) is 0 Å². The third kappa shape index (κ3) is 5.08. The SMILES string of the molecule is c1ccc(-c2nc(-c3cc(-c4ccc5oc6ccccc6c5c4)cc(-n4c5ccccc5c5ccccc54)c3)nc(-c3ccc4c(c3)oc3ccccc34)n2)cc1. The highest BCUT2D eigenvalue weighted by Crippen LogP contribution is 2.39.